The Balaban J connectivity index is 1.73. The number of morpholine rings is 1. The minimum absolute atomic E-state index is 0.0127. The summed E-state index contributed by atoms with van der Waals surface area (Å²) in [5.74, 6) is -0.305. The number of hydrogen-bond acceptors (Lipinski definition) is 4. The number of ether oxygens (including phenoxy) is 1. The van der Waals surface area contributed by atoms with Gasteiger partial charge >= 0.3 is 0 Å². The van der Waals surface area contributed by atoms with E-state index in [1.165, 1.54) is 23.5 Å². The number of carbonyl (C=O) groups is 1. The minimum Gasteiger partial charge on any atom is -0.379 e. The summed E-state index contributed by atoms with van der Waals surface area (Å²) in [7, 11) is 0. The highest BCUT2D eigenvalue weighted by Crippen LogP contribution is 2.22. The molecule has 1 aromatic carbocycles. The highest BCUT2D eigenvalue weighted by molar-refractivity contribution is 7.12. The fourth-order valence-electron chi connectivity index (χ4n) is 2.91. The molecule has 2 aromatic rings. The van der Waals surface area contributed by atoms with Gasteiger partial charge in [-0.2, -0.15) is 0 Å². The number of nitrogens with zero attached hydrogens (tertiary/aromatic N) is 1. The number of amides is 1. The molecular formula is C18H21FN2O2S. The van der Waals surface area contributed by atoms with Crippen molar-refractivity contribution in [2.75, 3.05) is 32.8 Å². The zero-order valence-corrected chi connectivity index (χ0v) is 14.4. The van der Waals surface area contributed by atoms with E-state index in [0.717, 1.165) is 29.1 Å². The Labute approximate surface area is 145 Å². The van der Waals surface area contributed by atoms with Crippen LogP contribution in [0, 0.1) is 12.7 Å². The molecule has 1 unspecified atom stereocenters. The molecule has 4 nitrogen and oxygen atoms in total. The molecule has 1 N–H and O–H groups in total. The zero-order chi connectivity index (χ0) is 16.9. The minimum atomic E-state index is -0.252. The van der Waals surface area contributed by atoms with Gasteiger partial charge in [0.1, 0.15) is 5.82 Å². The molecule has 1 aliphatic rings. The number of carbonyl (C=O) groups excluding carboxylic acids is 1. The lowest BCUT2D eigenvalue weighted by Crippen LogP contribution is -2.43. The molecule has 2 heterocycles. The molecule has 1 atom stereocenters. The van der Waals surface area contributed by atoms with E-state index in [1.54, 1.807) is 12.1 Å². The predicted octanol–water partition coefficient (Wildman–Crippen LogP) is 3.00. The monoisotopic (exact) mass is 348 g/mol. The summed E-state index contributed by atoms with van der Waals surface area (Å²) in [4.78, 5) is 15.4. The summed E-state index contributed by atoms with van der Waals surface area (Å²) in [6.07, 6.45) is 0. The van der Waals surface area contributed by atoms with Crippen LogP contribution < -0.4 is 5.32 Å². The van der Waals surface area contributed by atoms with Crippen molar-refractivity contribution >= 4 is 17.2 Å². The van der Waals surface area contributed by atoms with Crippen LogP contribution in [0.1, 0.15) is 26.8 Å². The summed E-state index contributed by atoms with van der Waals surface area (Å²) in [5, 5.41) is 4.95. The third-order valence-corrected chi connectivity index (χ3v) is 5.28. The van der Waals surface area contributed by atoms with Crippen LogP contribution in [0.2, 0.25) is 0 Å². The summed E-state index contributed by atoms with van der Waals surface area (Å²) in [5.41, 5.74) is 1.99. The standard InChI is InChI=1S/C18H21FN2O2S/c1-13-6-11-24-17(13)18(22)20-12-16(21-7-9-23-10-8-21)14-2-4-15(19)5-3-14/h2-6,11,16H,7-10,12H2,1H3,(H,20,22). The number of thiophene rings is 1. The van der Waals surface area contributed by atoms with Gasteiger partial charge in [0, 0.05) is 19.6 Å². The fraction of sp³-hybridized carbons (Fsp3) is 0.389. The molecule has 0 saturated carbocycles. The van der Waals surface area contributed by atoms with Crippen molar-refractivity contribution in [3.05, 3.63) is 57.5 Å². The summed E-state index contributed by atoms with van der Waals surface area (Å²) < 4.78 is 18.7. The Morgan fingerprint density at radius 2 is 2.00 bits per heavy atom. The molecule has 0 bridgehead atoms. The normalized spacial score (nSPS) is 16.8. The van der Waals surface area contributed by atoms with Gasteiger partial charge in [-0.05, 0) is 41.6 Å². The van der Waals surface area contributed by atoms with Gasteiger partial charge < -0.3 is 10.1 Å². The fourth-order valence-corrected chi connectivity index (χ4v) is 3.75. The van der Waals surface area contributed by atoms with Gasteiger partial charge in [-0.1, -0.05) is 12.1 Å². The van der Waals surface area contributed by atoms with Gasteiger partial charge in [0.05, 0.1) is 24.1 Å². The number of rotatable bonds is 5. The lowest BCUT2D eigenvalue weighted by atomic mass is 10.0. The van der Waals surface area contributed by atoms with E-state index in [1.807, 2.05) is 18.4 Å². The van der Waals surface area contributed by atoms with Crippen molar-refractivity contribution < 1.29 is 13.9 Å². The maximum Gasteiger partial charge on any atom is 0.261 e. The Morgan fingerprint density at radius 1 is 1.29 bits per heavy atom. The van der Waals surface area contributed by atoms with E-state index in [-0.39, 0.29) is 17.8 Å². The highest BCUT2D eigenvalue weighted by atomic mass is 32.1. The van der Waals surface area contributed by atoms with E-state index in [4.69, 9.17) is 4.74 Å². The maximum absolute atomic E-state index is 13.2. The van der Waals surface area contributed by atoms with E-state index in [0.29, 0.717) is 19.8 Å². The van der Waals surface area contributed by atoms with Crippen LogP contribution in [0.4, 0.5) is 4.39 Å². The molecule has 0 aliphatic carbocycles. The lowest BCUT2D eigenvalue weighted by molar-refractivity contribution is 0.0162. The molecule has 0 spiro atoms. The van der Waals surface area contributed by atoms with Crippen molar-refractivity contribution in [3.8, 4) is 0 Å². The van der Waals surface area contributed by atoms with E-state index >= 15 is 0 Å². The van der Waals surface area contributed by atoms with Crippen LogP contribution in [-0.4, -0.2) is 43.7 Å². The third-order valence-electron chi connectivity index (χ3n) is 4.27. The molecule has 1 saturated heterocycles. The van der Waals surface area contributed by atoms with Crippen molar-refractivity contribution in [2.24, 2.45) is 0 Å². The quantitative estimate of drug-likeness (QED) is 0.903. The zero-order valence-electron chi connectivity index (χ0n) is 13.6. The van der Waals surface area contributed by atoms with E-state index in [2.05, 4.69) is 10.2 Å². The van der Waals surface area contributed by atoms with Crippen LogP contribution in [0.3, 0.4) is 0 Å². The van der Waals surface area contributed by atoms with Gasteiger partial charge in [0.25, 0.3) is 5.91 Å². The second-order valence-electron chi connectivity index (χ2n) is 5.86. The smallest absolute Gasteiger partial charge is 0.261 e. The average Bonchev–Trinajstić information content (AvgIpc) is 3.03. The number of hydrogen-bond donors (Lipinski definition) is 1. The lowest BCUT2D eigenvalue weighted by Gasteiger charge is -2.35. The summed E-state index contributed by atoms with van der Waals surface area (Å²) >= 11 is 1.45. The average molecular weight is 348 g/mol. The number of halogens is 1. The van der Waals surface area contributed by atoms with Crippen LogP contribution >= 0.6 is 11.3 Å². The number of aryl methyl sites for hydroxylation is 1. The molecule has 128 valence electrons. The van der Waals surface area contributed by atoms with Crippen LogP contribution in [0.25, 0.3) is 0 Å². The topological polar surface area (TPSA) is 41.6 Å². The number of benzene rings is 1. The molecule has 1 aromatic heterocycles. The first kappa shape index (κ1) is 17.1. The first-order chi connectivity index (χ1) is 11.6. The summed E-state index contributed by atoms with van der Waals surface area (Å²) in [6, 6.07) is 8.47. The van der Waals surface area contributed by atoms with Gasteiger partial charge in [0.15, 0.2) is 0 Å². The SMILES string of the molecule is Cc1ccsc1C(=O)NCC(c1ccc(F)cc1)N1CCOCC1. The maximum atomic E-state index is 13.2. The molecule has 1 fully saturated rings. The Morgan fingerprint density at radius 3 is 2.62 bits per heavy atom. The molecular weight excluding hydrogens is 327 g/mol. The third kappa shape index (κ3) is 4.01. The molecule has 1 aliphatic heterocycles. The van der Waals surface area contributed by atoms with Gasteiger partial charge in [-0.25, -0.2) is 4.39 Å². The van der Waals surface area contributed by atoms with Crippen molar-refractivity contribution in [2.45, 2.75) is 13.0 Å². The Bertz CT molecular complexity index is 681. The number of nitrogens with one attached hydrogen (secondary N) is 1. The first-order valence-corrected chi connectivity index (χ1v) is 8.92. The van der Waals surface area contributed by atoms with Crippen molar-refractivity contribution in [3.63, 3.8) is 0 Å². The second-order valence-corrected chi connectivity index (χ2v) is 6.77. The Hall–Kier alpha value is -1.76. The van der Waals surface area contributed by atoms with Crippen molar-refractivity contribution in [1.82, 2.24) is 10.2 Å². The van der Waals surface area contributed by atoms with Crippen LogP contribution in [0.5, 0.6) is 0 Å². The molecule has 3 rings (SSSR count). The van der Waals surface area contributed by atoms with E-state index in [9.17, 15) is 9.18 Å². The second kappa shape index (κ2) is 7.88. The van der Waals surface area contributed by atoms with Crippen molar-refractivity contribution in [1.29, 1.82) is 0 Å². The summed E-state index contributed by atoms with van der Waals surface area (Å²) in [6.45, 7) is 5.38. The van der Waals surface area contributed by atoms with Gasteiger partial charge in [-0.3, -0.25) is 9.69 Å². The van der Waals surface area contributed by atoms with E-state index < -0.39 is 0 Å². The van der Waals surface area contributed by atoms with Gasteiger partial charge in [0.2, 0.25) is 0 Å². The molecule has 1 amide bonds. The first-order valence-electron chi connectivity index (χ1n) is 8.04. The van der Waals surface area contributed by atoms with Crippen LogP contribution in [-0.2, 0) is 4.74 Å². The van der Waals surface area contributed by atoms with Crippen LogP contribution in [0.15, 0.2) is 35.7 Å². The highest BCUT2D eigenvalue weighted by Gasteiger charge is 2.23. The largest absolute Gasteiger partial charge is 0.379 e. The predicted molar refractivity (Wildman–Crippen MR) is 92.9 cm³/mol. The molecule has 0 radical (unpaired) electrons. The molecule has 6 heteroatoms. The van der Waals surface area contributed by atoms with Gasteiger partial charge in [-0.15, -0.1) is 11.3 Å². The Kier molecular flexibility index (Phi) is 5.60. The molecule has 24 heavy (non-hydrogen) atoms.